The van der Waals surface area contributed by atoms with Crippen molar-refractivity contribution in [2.45, 2.75) is 50.2 Å². The van der Waals surface area contributed by atoms with Gasteiger partial charge in [0.2, 0.25) is 11.8 Å². The summed E-state index contributed by atoms with van der Waals surface area (Å²) in [7, 11) is -4.44. The number of hydrogen-bond acceptors (Lipinski definition) is 6. The van der Waals surface area contributed by atoms with Gasteiger partial charge in [0.1, 0.15) is 12.6 Å². The molecule has 246 valence electrons. The minimum atomic E-state index is -4.44. The third-order valence-corrected chi connectivity index (χ3v) is 9.59. The molecular formula is C34H34Cl2N4O6S. The van der Waals surface area contributed by atoms with Crippen molar-refractivity contribution in [3.63, 3.8) is 0 Å². The Kier molecular flexibility index (Phi) is 11.3. The molecule has 1 unspecified atom stereocenters. The maximum atomic E-state index is 14.6. The van der Waals surface area contributed by atoms with E-state index in [4.69, 9.17) is 23.2 Å². The molecule has 1 atom stereocenters. The van der Waals surface area contributed by atoms with Crippen molar-refractivity contribution in [3.8, 4) is 0 Å². The summed E-state index contributed by atoms with van der Waals surface area (Å²) in [4.78, 5) is 40.7. The van der Waals surface area contributed by atoms with Gasteiger partial charge in [0.15, 0.2) is 0 Å². The molecule has 0 aliphatic heterocycles. The average molecular weight is 698 g/mol. The smallest absolute Gasteiger partial charge is 0.271 e. The van der Waals surface area contributed by atoms with Gasteiger partial charge < -0.3 is 10.2 Å². The van der Waals surface area contributed by atoms with E-state index in [-0.39, 0.29) is 39.3 Å². The number of nitrogens with zero attached hydrogens (tertiary/aromatic N) is 3. The molecule has 0 saturated heterocycles. The van der Waals surface area contributed by atoms with Crippen LogP contribution in [0.5, 0.6) is 0 Å². The van der Waals surface area contributed by atoms with Gasteiger partial charge in [-0.1, -0.05) is 83.9 Å². The topological polar surface area (TPSA) is 130 Å². The van der Waals surface area contributed by atoms with Crippen molar-refractivity contribution in [1.82, 2.24) is 10.2 Å². The van der Waals surface area contributed by atoms with Crippen LogP contribution in [0, 0.1) is 10.1 Å². The van der Waals surface area contributed by atoms with Crippen LogP contribution in [0.4, 0.5) is 11.4 Å². The van der Waals surface area contributed by atoms with Crippen LogP contribution in [0.3, 0.4) is 0 Å². The molecule has 0 saturated carbocycles. The molecule has 10 nitrogen and oxygen atoms in total. The molecule has 0 fully saturated rings. The van der Waals surface area contributed by atoms with E-state index in [1.54, 1.807) is 45.0 Å². The van der Waals surface area contributed by atoms with Crippen LogP contribution in [0.2, 0.25) is 10.0 Å². The highest BCUT2D eigenvalue weighted by molar-refractivity contribution is 7.92. The monoisotopic (exact) mass is 696 g/mol. The van der Waals surface area contributed by atoms with Crippen molar-refractivity contribution in [1.29, 1.82) is 0 Å². The van der Waals surface area contributed by atoms with Crippen LogP contribution >= 0.6 is 23.2 Å². The number of hydrogen-bond donors (Lipinski definition) is 1. The fourth-order valence-electron chi connectivity index (χ4n) is 4.87. The number of amides is 2. The quantitative estimate of drug-likeness (QED) is 0.130. The van der Waals surface area contributed by atoms with Gasteiger partial charge in [-0.2, -0.15) is 0 Å². The predicted molar refractivity (Wildman–Crippen MR) is 183 cm³/mol. The van der Waals surface area contributed by atoms with E-state index in [9.17, 15) is 28.1 Å². The van der Waals surface area contributed by atoms with Crippen LogP contribution in [-0.4, -0.2) is 48.2 Å². The average Bonchev–Trinajstić information content (AvgIpc) is 3.02. The van der Waals surface area contributed by atoms with E-state index >= 15 is 0 Å². The second-order valence-electron chi connectivity index (χ2n) is 11.8. The standard InChI is InChI=1S/C34H34Cl2N4O6S/c1-34(2,3)37-33(42)31(20-24-12-6-4-7-13-24)38(22-28-29(35)18-11-19-30(28)36)32(41)23-39(25-14-10-15-26(21-25)40(43)44)47(45,46)27-16-8-5-9-17-27/h4-19,21,31H,20,22-23H2,1-3H3,(H,37,42). The molecule has 47 heavy (non-hydrogen) atoms. The summed E-state index contributed by atoms with van der Waals surface area (Å²) >= 11 is 13.1. The molecule has 4 aromatic rings. The lowest BCUT2D eigenvalue weighted by Gasteiger charge is -2.35. The first-order valence-corrected chi connectivity index (χ1v) is 16.8. The highest BCUT2D eigenvalue weighted by atomic mass is 35.5. The van der Waals surface area contributed by atoms with Crippen LogP contribution in [-0.2, 0) is 32.6 Å². The van der Waals surface area contributed by atoms with Crippen LogP contribution in [0.25, 0.3) is 0 Å². The lowest BCUT2D eigenvalue weighted by Crippen LogP contribution is -2.56. The van der Waals surface area contributed by atoms with Gasteiger partial charge in [0.25, 0.3) is 15.7 Å². The molecule has 0 aliphatic carbocycles. The summed E-state index contributed by atoms with van der Waals surface area (Å²) in [6, 6.07) is 25.2. The Morgan fingerprint density at radius 1 is 0.872 bits per heavy atom. The fraction of sp³-hybridized carbons (Fsp3) is 0.235. The molecule has 0 spiro atoms. The molecule has 2 amide bonds. The van der Waals surface area contributed by atoms with Crippen molar-refractivity contribution in [2.24, 2.45) is 0 Å². The van der Waals surface area contributed by atoms with Crippen LogP contribution in [0.15, 0.2) is 108 Å². The number of carbonyl (C=O) groups is 2. The number of rotatable bonds is 12. The zero-order chi connectivity index (χ0) is 34.4. The van der Waals surface area contributed by atoms with E-state index in [0.29, 0.717) is 5.56 Å². The number of nitro groups is 1. The minimum absolute atomic E-state index is 0.0822. The molecule has 4 aromatic carbocycles. The Morgan fingerprint density at radius 3 is 2.02 bits per heavy atom. The molecule has 13 heteroatoms. The highest BCUT2D eigenvalue weighted by Gasteiger charge is 2.36. The number of nitro benzene ring substituents is 1. The lowest BCUT2D eigenvalue weighted by atomic mass is 10.0. The first-order valence-electron chi connectivity index (χ1n) is 14.6. The van der Waals surface area contributed by atoms with Crippen molar-refractivity contribution < 1.29 is 22.9 Å². The van der Waals surface area contributed by atoms with Gasteiger partial charge in [-0.05, 0) is 56.7 Å². The summed E-state index contributed by atoms with van der Waals surface area (Å²) in [5.41, 5.74) is -0.0370. The van der Waals surface area contributed by atoms with Gasteiger partial charge in [-0.25, -0.2) is 8.42 Å². The third-order valence-electron chi connectivity index (χ3n) is 7.10. The summed E-state index contributed by atoms with van der Waals surface area (Å²) < 4.78 is 29.0. The lowest BCUT2D eigenvalue weighted by molar-refractivity contribution is -0.384. The number of anilines is 1. The van der Waals surface area contributed by atoms with E-state index in [1.807, 2.05) is 30.3 Å². The van der Waals surface area contributed by atoms with E-state index in [0.717, 1.165) is 15.9 Å². The molecule has 4 rings (SSSR count). The van der Waals surface area contributed by atoms with E-state index in [1.165, 1.54) is 47.4 Å². The normalized spacial score (nSPS) is 12.2. The number of carbonyl (C=O) groups excluding carboxylic acids is 2. The number of nitrogens with one attached hydrogen (secondary N) is 1. The molecular weight excluding hydrogens is 663 g/mol. The molecule has 0 heterocycles. The Morgan fingerprint density at radius 2 is 1.45 bits per heavy atom. The van der Waals surface area contributed by atoms with Crippen LogP contribution < -0.4 is 9.62 Å². The van der Waals surface area contributed by atoms with Gasteiger partial charge >= 0.3 is 0 Å². The van der Waals surface area contributed by atoms with E-state index in [2.05, 4.69) is 5.32 Å². The number of halogens is 2. The molecule has 0 aromatic heterocycles. The summed E-state index contributed by atoms with van der Waals surface area (Å²) in [5.74, 6) is -1.25. The van der Waals surface area contributed by atoms with Crippen LogP contribution in [0.1, 0.15) is 31.9 Å². The summed E-state index contributed by atoms with van der Waals surface area (Å²) in [6.07, 6.45) is 0.0822. The number of non-ortho nitro benzene ring substituents is 1. The van der Waals surface area contributed by atoms with Gasteiger partial charge in [0.05, 0.1) is 15.5 Å². The number of benzene rings is 4. The van der Waals surface area contributed by atoms with Gasteiger partial charge in [-0.3, -0.25) is 24.0 Å². The molecule has 0 bridgehead atoms. The molecule has 0 radical (unpaired) electrons. The second-order valence-corrected chi connectivity index (χ2v) is 14.4. The maximum Gasteiger partial charge on any atom is 0.271 e. The van der Waals surface area contributed by atoms with Gasteiger partial charge in [0, 0.05) is 46.2 Å². The predicted octanol–water partition coefficient (Wildman–Crippen LogP) is 6.65. The second kappa shape index (κ2) is 15.0. The van der Waals surface area contributed by atoms with Crippen molar-refractivity contribution >= 4 is 56.4 Å². The maximum absolute atomic E-state index is 14.6. The zero-order valence-electron chi connectivity index (χ0n) is 26.0. The highest BCUT2D eigenvalue weighted by Crippen LogP contribution is 2.30. The zero-order valence-corrected chi connectivity index (χ0v) is 28.3. The Bertz CT molecular complexity index is 1830. The van der Waals surface area contributed by atoms with Crippen molar-refractivity contribution in [2.75, 3.05) is 10.8 Å². The molecule has 0 aliphatic rings. The summed E-state index contributed by atoms with van der Waals surface area (Å²) in [6.45, 7) is 4.38. The van der Waals surface area contributed by atoms with Crippen molar-refractivity contribution in [3.05, 3.63) is 134 Å². The van der Waals surface area contributed by atoms with E-state index < -0.39 is 44.9 Å². The fourth-order valence-corrected chi connectivity index (χ4v) is 6.81. The first kappa shape index (κ1) is 35.4. The Hall–Kier alpha value is -4.45. The SMILES string of the molecule is CC(C)(C)NC(=O)C(Cc1ccccc1)N(Cc1c(Cl)cccc1Cl)C(=O)CN(c1cccc([N+](=O)[O-])c1)S(=O)(=O)c1ccccc1. The Labute approximate surface area is 284 Å². The van der Waals surface area contributed by atoms with Gasteiger partial charge in [-0.15, -0.1) is 0 Å². The first-order chi connectivity index (χ1) is 22.2. The Balaban J connectivity index is 1.87. The minimum Gasteiger partial charge on any atom is -0.350 e. The number of sulfonamides is 1. The summed E-state index contributed by atoms with van der Waals surface area (Å²) in [5, 5.41) is 15.1. The molecule has 1 N–H and O–H groups in total. The third kappa shape index (κ3) is 9.09. The largest absolute Gasteiger partial charge is 0.350 e.